The molecule has 0 radical (unpaired) electrons. The lowest BCUT2D eigenvalue weighted by Gasteiger charge is -2.03. The highest BCUT2D eigenvalue weighted by molar-refractivity contribution is 5.45. The van der Waals surface area contributed by atoms with Gasteiger partial charge in [0.1, 0.15) is 0 Å². The van der Waals surface area contributed by atoms with E-state index >= 15 is 0 Å². The van der Waals surface area contributed by atoms with Crippen LogP contribution in [0.2, 0.25) is 0 Å². The number of aryl methyl sites for hydroxylation is 1. The van der Waals surface area contributed by atoms with Gasteiger partial charge in [-0.1, -0.05) is 75.8 Å². The number of nitriles is 1. The predicted molar refractivity (Wildman–Crippen MR) is 110 cm³/mol. The normalized spacial score (nSPS) is 10.0. The molecule has 2 aromatic carbocycles. The van der Waals surface area contributed by atoms with E-state index in [1.54, 1.807) is 12.1 Å². The first-order valence-electron chi connectivity index (χ1n) is 9.93. The molecular formula is C25H29N. The summed E-state index contributed by atoms with van der Waals surface area (Å²) in [6.45, 7) is 2.27. The van der Waals surface area contributed by atoms with E-state index in [1.165, 1.54) is 56.9 Å². The maximum atomic E-state index is 8.81. The van der Waals surface area contributed by atoms with Crippen molar-refractivity contribution in [3.05, 3.63) is 70.8 Å². The van der Waals surface area contributed by atoms with Crippen LogP contribution < -0.4 is 0 Å². The van der Waals surface area contributed by atoms with Crippen molar-refractivity contribution in [3.63, 3.8) is 0 Å². The molecule has 26 heavy (non-hydrogen) atoms. The van der Waals surface area contributed by atoms with Crippen LogP contribution in [0.15, 0.2) is 48.5 Å². The Morgan fingerprint density at radius 2 is 1.08 bits per heavy atom. The van der Waals surface area contributed by atoms with E-state index in [4.69, 9.17) is 5.26 Å². The van der Waals surface area contributed by atoms with Crippen LogP contribution in [0, 0.1) is 23.2 Å². The Morgan fingerprint density at radius 3 is 1.62 bits per heavy atom. The first-order valence-corrected chi connectivity index (χ1v) is 9.93. The number of hydrogen-bond donors (Lipinski definition) is 0. The van der Waals surface area contributed by atoms with Gasteiger partial charge in [0.2, 0.25) is 0 Å². The SMILES string of the molecule is CCCCCCCCCCc1ccc(C#Cc2ccc(C#N)cc2)cc1. The first-order chi connectivity index (χ1) is 12.8. The van der Waals surface area contributed by atoms with Crippen molar-refractivity contribution >= 4 is 0 Å². The average Bonchev–Trinajstić information content (AvgIpc) is 2.69. The highest BCUT2D eigenvalue weighted by Gasteiger charge is 1.96. The van der Waals surface area contributed by atoms with Gasteiger partial charge in [-0.15, -0.1) is 0 Å². The summed E-state index contributed by atoms with van der Waals surface area (Å²) in [5, 5.41) is 8.81. The van der Waals surface area contributed by atoms with Gasteiger partial charge in [-0.3, -0.25) is 0 Å². The van der Waals surface area contributed by atoms with Crippen LogP contribution in [0.4, 0.5) is 0 Å². The zero-order valence-electron chi connectivity index (χ0n) is 15.9. The Hall–Kier alpha value is -2.51. The molecule has 0 atom stereocenters. The van der Waals surface area contributed by atoms with Crippen LogP contribution in [0.3, 0.4) is 0 Å². The van der Waals surface area contributed by atoms with E-state index in [0.717, 1.165) is 17.5 Å². The summed E-state index contributed by atoms with van der Waals surface area (Å²) >= 11 is 0. The first kappa shape index (κ1) is 19.8. The van der Waals surface area contributed by atoms with Gasteiger partial charge in [0.15, 0.2) is 0 Å². The molecule has 0 unspecified atom stereocenters. The fourth-order valence-corrected chi connectivity index (χ4v) is 2.99. The molecule has 0 saturated heterocycles. The second-order valence-electron chi connectivity index (χ2n) is 6.86. The molecule has 0 spiro atoms. The van der Waals surface area contributed by atoms with E-state index in [-0.39, 0.29) is 0 Å². The van der Waals surface area contributed by atoms with Crippen LogP contribution >= 0.6 is 0 Å². The third-order valence-corrected chi connectivity index (χ3v) is 4.64. The summed E-state index contributed by atoms with van der Waals surface area (Å²) in [4.78, 5) is 0. The number of nitrogens with zero attached hydrogens (tertiary/aromatic N) is 1. The predicted octanol–water partition coefficient (Wildman–Crippen LogP) is 6.64. The number of hydrogen-bond acceptors (Lipinski definition) is 1. The zero-order valence-corrected chi connectivity index (χ0v) is 15.9. The fraction of sp³-hybridized carbons (Fsp3) is 0.400. The molecule has 1 heteroatoms. The monoisotopic (exact) mass is 343 g/mol. The zero-order chi connectivity index (χ0) is 18.5. The molecule has 0 N–H and O–H groups in total. The maximum Gasteiger partial charge on any atom is 0.0991 e. The Morgan fingerprint density at radius 1 is 0.615 bits per heavy atom. The fourth-order valence-electron chi connectivity index (χ4n) is 2.99. The largest absolute Gasteiger partial charge is 0.192 e. The molecule has 0 bridgehead atoms. The van der Waals surface area contributed by atoms with Gasteiger partial charge in [-0.2, -0.15) is 5.26 Å². The highest BCUT2D eigenvalue weighted by atomic mass is 14.2. The van der Waals surface area contributed by atoms with Crippen molar-refractivity contribution in [2.24, 2.45) is 0 Å². The van der Waals surface area contributed by atoms with Crippen molar-refractivity contribution in [2.75, 3.05) is 0 Å². The van der Waals surface area contributed by atoms with E-state index in [0.29, 0.717) is 5.56 Å². The summed E-state index contributed by atoms with van der Waals surface area (Å²) < 4.78 is 0. The molecule has 0 aliphatic carbocycles. The van der Waals surface area contributed by atoms with Crippen LogP contribution in [0.1, 0.15) is 80.5 Å². The average molecular weight is 344 g/mol. The lowest BCUT2D eigenvalue weighted by Crippen LogP contribution is -1.87. The smallest absolute Gasteiger partial charge is 0.0991 e. The summed E-state index contributed by atoms with van der Waals surface area (Å²) in [5.41, 5.74) is 4.04. The van der Waals surface area contributed by atoms with E-state index in [1.807, 2.05) is 12.1 Å². The maximum absolute atomic E-state index is 8.81. The molecule has 0 saturated carbocycles. The van der Waals surface area contributed by atoms with E-state index in [2.05, 4.69) is 49.1 Å². The van der Waals surface area contributed by atoms with Crippen molar-refractivity contribution in [1.82, 2.24) is 0 Å². The minimum Gasteiger partial charge on any atom is -0.192 e. The lowest BCUT2D eigenvalue weighted by atomic mass is 10.0. The standard InChI is InChI=1S/C25H29N/c1-2-3-4-5-6-7-8-9-10-22-11-13-23(14-12-22)15-16-24-17-19-25(21-26)20-18-24/h11-14,17-20H,2-10H2,1H3. The Bertz CT molecular complexity index is 736. The molecule has 0 heterocycles. The van der Waals surface area contributed by atoms with Gasteiger partial charge >= 0.3 is 0 Å². The molecule has 1 nitrogen and oxygen atoms in total. The molecule has 0 aliphatic rings. The van der Waals surface area contributed by atoms with Crippen molar-refractivity contribution < 1.29 is 0 Å². The molecule has 2 aromatic rings. The third-order valence-electron chi connectivity index (χ3n) is 4.64. The Labute approximate surface area is 159 Å². The summed E-state index contributed by atoms with van der Waals surface area (Å²) in [6, 6.07) is 18.1. The summed E-state index contributed by atoms with van der Waals surface area (Å²) in [7, 11) is 0. The van der Waals surface area contributed by atoms with Crippen molar-refractivity contribution in [3.8, 4) is 17.9 Å². The number of rotatable bonds is 9. The van der Waals surface area contributed by atoms with Gasteiger partial charge in [0, 0.05) is 11.1 Å². The topological polar surface area (TPSA) is 23.8 Å². The third kappa shape index (κ3) is 7.58. The van der Waals surface area contributed by atoms with Crippen LogP contribution in [0.25, 0.3) is 0 Å². The molecule has 2 rings (SSSR count). The minimum absolute atomic E-state index is 0.667. The molecule has 0 aromatic heterocycles. The van der Waals surface area contributed by atoms with Crippen LogP contribution in [-0.2, 0) is 6.42 Å². The second kappa shape index (κ2) is 11.9. The van der Waals surface area contributed by atoms with Crippen LogP contribution in [-0.4, -0.2) is 0 Å². The molecular weight excluding hydrogens is 314 g/mol. The second-order valence-corrected chi connectivity index (χ2v) is 6.86. The quantitative estimate of drug-likeness (QED) is 0.370. The van der Waals surface area contributed by atoms with E-state index in [9.17, 15) is 0 Å². The molecule has 134 valence electrons. The number of benzene rings is 2. The highest BCUT2D eigenvalue weighted by Crippen LogP contribution is 2.12. The van der Waals surface area contributed by atoms with Crippen molar-refractivity contribution in [2.45, 2.75) is 64.7 Å². The lowest BCUT2D eigenvalue weighted by molar-refractivity contribution is 0.575. The summed E-state index contributed by atoms with van der Waals surface area (Å²) in [6.07, 6.45) is 12.1. The summed E-state index contributed by atoms with van der Waals surface area (Å²) in [5.74, 6) is 6.35. The van der Waals surface area contributed by atoms with Crippen LogP contribution in [0.5, 0.6) is 0 Å². The number of unbranched alkanes of at least 4 members (excludes halogenated alkanes) is 7. The van der Waals surface area contributed by atoms with Gasteiger partial charge < -0.3 is 0 Å². The van der Waals surface area contributed by atoms with E-state index < -0.39 is 0 Å². The Kier molecular flexibility index (Phi) is 9.10. The molecule has 0 amide bonds. The molecule has 0 aliphatic heterocycles. The van der Waals surface area contributed by atoms with Gasteiger partial charge in [0.25, 0.3) is 0 Å². The van der Waals surface area contributed by atoms with Gasteiger partial charge in [-0.25, -0.2) is 0 Å². The van der Waals surface area contributed by atoms with Gasteiger partial charge in [-0.05, 0) is 54.8 Å². The van der Waals surface area contributed by atoms with Crippen molar-refractivity contribution in [1.29, 1.82) is 5.26 Å². The molecule has 0 fully saturated rings. The minimum atomic E-state index is 0.667. The van der Waals surface area contributed by atoms with Gasteiger partial charge in [0.05, 0.1) is 11.6 Å². The Balaban J connectivity index is 1.71.